The zero-order valence-corrected chi connectivity index (χ0v) is 18.3. The van der Waals surface area contributed by atoms with Gasteiger partial charge in [-0.05, 0) is 36.5 Å². The van der Waals surface area contributed by atoms with Crippen LogP contribution in [0.25, 0.3) is 10.9 Å². The molecule has 8 nitrogen and oxygen atoms in total. The largest absolute Gasteiger partial charge is 0.394 e. The second-order valence-corrected chi connectivity index (χ2v) is 8.28. The number of fused-ring (bicyclic) bond motifs is 1. The lowest BCUT2D eigenvalue weighted by atomic mass is 10.1. The monoisotopic (exact) mass is 448 g/mol. The molecule has 1 aliphatic rings. The fourth-order valence-electron chi connectivity index (χ4n) is 4.19. The number of aliphatic hydroxyl groups excluding tert-OH is 1. The van der Waals surface area contributed by atoms with Gasteiger partial charge in [-0.15, -0.1) is 0 Å². The number of carbonyl (C=O) groups is 3. The van der Waals surface area contributed by atoms with Crippen LogP contribution in [0.4, 0.5) is 4.79 Å². The predicted octanol–water partition coefficient (Wildman–Crippen LogP) is 2.13. The van der Waals surface area contributed by atoms with E-state index in [-0.39, 0.29) is 37.8 Å². The molecule has 2 heterocycles. The number of carbonyl (C=O) groups excluding carboxylic acids is 3. The molecule has 2 atom stereocenters. The van der Waals surface area contributed by atoms with E-state index in [1.165, 1.54) is 4.90 Å². The van der Waals surface area contributed by atoms with Gasteiger partial charge in [0.05, 0.1) is 12.6 Å². The number of aromatic amines is 1. The van der Waals surface area contributed by atoms with Gasteiger partial charge < -0.3 is 20.7 Å². The molecule has 4 rings (SSSR count). The number of aliphatic hydroxyl groups is 1. The molecule has 0 aliphatic carbocycles. The van der Waals surface area contributed by atoms with Crippen molar-refractivity contribution in [3.05, 3.63) is 71.9 Å². The molecule has 2 aromatic carbocycles. The molecule has 4 amide bonds. The highest BCUT2D eigenvalue weighted by molar-refractivity contribution is 6.04. The summed E-state index contributed by atoms with van der Waals surface area (Å²) in [5.74, 6) is -0.570. The van der Waals surface area contributed by atoms with E-state index in [0.717, 1.165) is 22.0 Å². The van der Waals surface area contributed by atoms with Crippen LogP contribution in [0.1, 0.15) is 24.0 Å². The first-order chi connectivity index (χ1) is 16.0. The highest BCUT2D eigenvalue weighted by atomic mass is 16.3. The minimum Gasteiger partial charge on any atom is -0.394 e. The molecule has 3 aromatic rings. The average Bonchev–Trinajstić information content (AvgIpc) is 3.36. The van der Waals surface area contributed by atoms with Gasteiger partial charge in [-0.3, -0.25) is 14.5 Å². The smallest absolute Gasteiger partial charge is 0.324 e. The summed E-state index contributed by atoms with van der Waals surface area (Å²) >= 11 is 0. The zero-order chi connectivity index (χ0) is 23.2. The normalized spacial score (nSPS) is 16.8. The van der Waals surface area contributed by atoms with Crippen LogP contribution in [0.3, 0.4) is 0 Å². The van der Waals surface area contributed by atoms with E-state index in [2.05, 4.69) is 15.6 Å². The van der Waals surface area contributed by atoms with Gasteiger partial charge in [0.15, 0.2) is 0 Å². The Balaban J connectivity index is 1.26. The van der Waals surface area contributed by atoms with Crippen LogP contribution >= 0.6 is 0 Å². The SMILES string of the molecule is O=C(CC[C@@H]1NC(=O)N(CCc2c[nH]c3ccccc23)C1=O)N[C@H](CO)Cc1ccccc1. The summed E-state index contributed by atoms with van der Waals surface area (Å²) in [6.45, 7) is 0.0974. The third kappa shape index (κ3) is 5.40. The molecular weight excluding hydrogens is 420 g/mol. The molecule has 1 aromatic heterocycles. The second-order valence-electron chi connectivity index (χ2n) is 8.28. The van der Waals surface area contributed by atoms with Crippen LogP contribution in [-0.2, 0) is 22.4 Å². The van der Waals surface area contributed by atoms with Crippen molar-refractivity contribution in [3.8, 4) is 0 Å². The first kappa shape index (κ1) is 22.5. The van der Waals surface area contributed by atoms with Crippen LogP contribution in [0.5, 0.6) is 0 Å². The Kier molecular flexibility index (Phi) is 7.04. The lowest BCUT2D eigenvalue weighted by Gasteiger charge is -2.17. The molecule has 33 heavy (non-hydrogen) atoms. The van der Waals surface area contributed by atoms with E-state index in [1.54, 1.807) is 0 Å². The Bertz CT molecular complexity index is 1130. The number of aromatic nitrogens is 1. The molecule has 172 valence electrons. The first-order valence-corrected chi connectivity index (χ1v) is 11.2. The van der Waals surface area contributed by atoms with Gasteiger partial charge in [0, 0.05) is 30.1 Å². The number of urea groups is 1. The maximum Gasteiger partial charge on any atom is 0.324 e. The van der Waals surface area contributed by atoms with Gasteiger partial charge in [0.1, 0.15) is 6.04 Å². The molecule has 1 saturated heterocycles. The highest BCUT2D eigenvalue weighted by Crippen LogP contribution is 2.19. The standard InChI is InChI=1S/C25H28N4O4/c30-16-19(14-17-6-2-1-3-7-17)27-23(31)11-10-22-24(32)29(25(33)28-22)13-12-18-15-26-21-9-5-4-8-20(18)21/h1-9,15,19,22,26,30H,10-14,16H2,(H,27,31)(H,28,33)/t19-,22-/m0/s1. The average molecular weight is 449 g/mol. The van der Waals surface area contributed by atoms with E-state index in [1.807, 2.05) is 60.8 Å². The van der Waals surface area contributed by atoms with Crippen molar-refractivity contribution < 1.29 is 19.5 Å². The second kappa shape index (κ2) is 10.3. The van der Waals surface area contributed by atoms with Gasteiger partial charge in [-0.1, -0.05) is 48.5 Å². The number of rotatable bonds is 10. The summed E-state index contributed by atoms with van der Waals surface area (Å²) in [6.07, 6.45) is 3.26. The summed E-state index contributed by atoms with van der Waals surface area (Å²) in [6, 6.07) is 15.9. The van der Waals surface area contributed by atoms with Crippen molar-refractivity contribution >= 4 is 28.7 Å². The molecule has 0 radical (unpaired) electrons. The van der Waals surface area contributed by atoms with Crippen molar-refractivity contribution in [2.45, 2.75) is 37.8 Å². The Morgan fingerprint density at radius 3 is 2.64 bits per heavy atom. The Morgan fingerprint density at radius 2 is 1.85 bits per heavy atom. The zero-order valence-electron chi connectivity index (χ0n) is 18.3. The maximum atomic E-state index is 12.7. The van der Waals surface area contributed by atoms with Gasteiger partial charge in [-0.25, -0.2) is 4.79 Å². The molecule has 4 N–H and O–H groups in total. The third-order valence-electron chi connectivity index (χ3n) is 5.96. The molecule has 0 spiro atoms. The lowest BCUT2D eigenvalue weighted by Crippen LogP contribution is -2.40. The number of amides is 4. The number of nitrogens with one attached hydrogen (secondary N) is 3. The van der Waals surface area contributed by atoms with Crippen molar-refractivity contribution in [1.82, 2.24) is 20.5 Å². The molecular formula is C25H28N4O4. The minimum absolute atomic E-state index is 0.0816. The van der Waals surface area contributed by atoms with E-state index >= 15 is 0 Å². The Morgan fingerprint density at radius 1 is 1.09 bits per heavy atom. The lowest BCUT2D eigenvalue weighted by molar-refractivity contribution is -0.127. The number of para-hydroxylation sites is 1. The van der Waals surface area contributed by atoms with Gasteiger partial charge in [0.2, 0.25) is 5.91 Å². The van der Waals surface area contributed by atoms with E-state index in [4.69, 9.17) is 0 Å². The van der Waals surface area contributed by atoms with Crippen LogP contribution in [-0.4, -0.2) is 58.1 Å². The Hall–Kier alpha value is -3.65. The van der Waals surface area contributed by atoms with Crippen LogP contribution < -0.4 is 10.6 Å². The number of H-pyrrole nitrogens is 1. The van der Waals surface area contributed by atoms with Crippen molar-refractivity contribution in [1.29, 1.82) is 0 Å². The fraction of sp³-hybridized carbons (Fsp3) is 0.320. The van der Waals surface area contributed by atoms with E-state index < -0.39 is 18.1 Å². The van der Waals surface area contributed by atoms with E-state index in [0.29, 0.717) is 12.8 Å². The maximum absolute atomic E-state index is 12.7. The fourth-order valence-corrected chi connectivity index (χ4v) is 4.19. The summed E-state index contributed by atoms with van der Waals surface area (Å²) in [7, 11) is 0. The number of hydrogen-bond donors (Lipinski definition) is 4. The Labute approximate surface area is 192 Å². The minimum atomic E-state index is -0.715. The highest BCUT2D eigenvalue weighted by Gasteiger charge is 2.37. The summed E-state index contributed by atoms with van der Waals surface area (Å²) in [4.78, 5) is 41.9. The number of nitrogens with zero attached hydrogens (tertiary/aromatic N) is 1. The molecule has 8 heteroatoms. The summed E-state index contributed by atoms with van der Waals surface area (Å²) in [5, 5.41) is 16.2. The quantitative estimate of drug-likeness (QED) is 0.356. The molecule has 0 unspecified atom stereocenters. The summed E-state index contributed by atoms with van der Waals surface area (Å²) in [5.41, 5.74) is 3.07. The van der Waals surface area contributed by atoms with Gasteiger partial charge >= 0.3 is 6.03 Å². The molecule has 0 saturated carbocycles. The number of benzene rings is 2. The molecule has 1 fully saturated rings. The van der Waals surface area contributed by atoms with Gasteiger partial charge in [0.25, 0.3) is 5.91 Å². The van der Waals surface area contributed by atoms with Gasteiger partial charge in [-0.2, -0.15) is 0 Å². The van der Waals surface area contributed by atoms with Crippen molar-refractivity contribution in [3.63, 3.8) is 0 Å². The van der Waals surface area contributed by atoms with Crippen LogP contribution in [0.2, 0.25) is 0 Å². The van der Waals surface area contributed by atoms with Crippen LogP contribution in [0.15, 0.2) is 60.8 Å². The molecule has 1 aliphatic heterocycles. The first-order valence-electron chi connectivity index (χ1n) is 11.2. The van der Waals surface area contributed by atoms with E-state index in [9.17, 15) is 19.5 Å². The number of hydrogen-bond acceptors (Lipinski definition) is 4. The van der Waals surface area contributed by atoms with Crippen molar-refractivity contribution in [2.75, 3.05) is 13.2 Å². The number of imide groups is 1. The van der Waals surface area contributed by atoms with Crippen LogP contribution in [0, 0.1) is 0 Å². The van der Waals surface area contributed by atoms with Crippen molar-refractivity contribution in [2.24, 2.45) is 0 Å². The molecule has 0 bridgehead atoms. The summed E-state index contributed by atoms with van der Waals surface area (Å²) < 4.78 is 0. The predicted molar refractivity (Wildman–Crippen MR) is 124 cm³/mol. The topological polar surface area (TPSA) is 115 Å². The third-order valence-corrected chi connectivity index (χ3v) is 5.96.